The minimum atomic E-state index is -3.63. The molecule has 0 saturated carbocycles. The third-order valence-electron chi connectivity index (χ3n) is 4.33. The average molecular weight is 370 g/mol. The Balaban J connectivity index is 2.08. The lowest BCUT2D eigenvalue weighted by atomic mass is 10.2. The highest BCUT2D eigenvalue weighted by Gasteiger charge is 2.30. The molecule has 0 radical (unpaired) electrons. The summed E-state index contributed by atoms with van der Waals surface area (Å²) >= 11 is 0. The average Bonchev–Trinajstić information content (AvgIpc) is 2.65. The van der Waals surface area contributed by atoms with Crippen molar-refractivity contribution >= 4 is 15.9 Å². The van der Waals surface area contributed by atoms with Gasteiger partial charge >= 0.3 is 0 Å². The van der Waals surface area contributed by atoms with E-state index < -0.39 is 10.0 Å². The highest BCUT2D eigenvalue weighted by molar-refractivity contribution is 7.89. The molecule has 1 aliphatic rings. The van der Waals surface area contributed by atoms with Crippen molar-refractivity contribution in [3.05, 3.63) is 18.2 Å². The molecule has 1 saturated heterocycles. The van der Waals surface area contributed by atoms with E-state index in [2.05, 4.69) is 0 Å². The molecule has 25 heavy (non-hydrogen) atoms. The van der Waals surface area contributed by atoms with Crippen molar-refractivity contribution in [2.75, 3.05) is 40.4 Å². The largest absolute Gasteiger partial charge is 0.493 e. The number of methoxy groups -OCH3 is 2. The number of benzene rings is 1. The summed E-state index contributed by atoms with van der Waals surface area (Å²) in [6.07, 6.45) is 2.36. The molecular formula is C17H26N2O5S. The maximum atomic E-state index is 12.8. The van der Waals surface area contributed by atoms with Crippen molar-refractivity contribution < 1.29 is 22.7 Å². The lowest BCUT2D eigenvalue weighted by Crippen LogP contribution is -2.50. The molecule has 1 aliphatic heterocycles. The van der Waals surface area contributed by atoms with Gasteiger partial charge in [0.05, 0.1) is 19.1 Å². The quantitative estimate of drug-likeness (QED) is 0.731. The zero-order valence-corrected chi connectivity index (χ0v) is 15.8. The van der Waals surface area contributed by atoms with Crippen molar-refractivity contribution in [3.8, 4) is 11.5 Å². The fourth-order valence-electron chi connectivity index (χ4n) is 2.79. The van der Waals surface area contributed by atoms with E-state index in [1.54, 1.807) is 11.0 Å². The molecule has 0 N–H and O–H groups in total. The SMILES string of the molecule is CCCCC(=O)N1CCN(S(=O)(=O)c2ccc(OC)c(OC)c2)CC1. The third kappa shape index (κ3) is 4.43. The number of ether oxygens (including phenoxy) is 2. The van der Waals surface area contributed by atoms with Crippen molar-refractivity contribution in [3.63, 3.8) is 0 Å². The highest BCUT2D eigenvalue weighted by Crippen LogP contribution is 2.30. The molecule has 1 amide bonds. The summed E-state index contributed by atoms with van der Waals surface area (Å²) in [5.74, 6) is 0.953. The van der Waals surface area contributed by atoms with Crippen LogP contribution in [0.25, 0.3) is 0 Å². The Morgan fingerprint density at radius 2 is 1.72 bits per heavy atom. The van der Waals surface area contributed by atoms with Crippen LogP contribution in [0, 0.1) is 0 Å². The number of carbonyl (C=O) groups is 1. The molecule has 1 aromatic carbocycles. The standard InChI is InChI=1S/C17H26N2O5S/c1-4-5-6-17(20)18-9-11-19(12-10-18)25(21,22)14-7-8-15(23-2)16(13-14)24-3/h7-8,13H,4-6,9-12H2,1-3H3. The summed E-state index contributed by atoms with van der Waals surface area (Å²) in [5, 5.41) is 0. The second kappa shape index (κ2) is 8.53. The van der Waals surface area contributed by atoms with Gasteiger partial charge in [-0.05, 0) is 18.6 Å². The van der Waals surface area contributed by atoms with Gasteiger partial charge in [-0.3, -0.25) is 4.79 Å². The molecule has 8 heteroatoms. The van der Waals surface area contributed by atoms with Crippen LogP contribution in [0.15, 0.2) is 23.1 Å². The fourth-order valence-corrected chi connectivity index (χ4v) is 4.23. The molecule has 0 atom stereocenters. The van der Waals surface area contributed by atoms with Crippen LogP contribution in [0.2, 0.25) is 0 Å². The minimum absolute atomic E-state index is 0.102. The van der Waals surface area contributed by atoms with Crippen LogP contribution >= 0.6 is 0 Å². The topological polar surface area (TPSA) is 76.2 Å². The van der Waals surface area contributed by atoms with Crippen LogP contribution in [-0.4, -0.2) is 63.9 Å². The molecule has 0 aromatic heterocycles. The number of hydrogen-bond acceptors (Lipinski definition) is 5. The van der Waals surface area contributed by atoms with Crippen LogP contribution in [0.4, 0.5) is 0 Å². The van der Waals surface area contributed by atoms with Gasteiger partial charge in [-0.1, -0.05) is 13.3 Å². The number of amides is 1. The van der Waals surface area contributed by atoms with E-state index in [0.717, 1.165) is 12.8 Å². The van der Waals surface area contributed by atoms with Crippen LogP contribution in [-0.2, 0) is 14.8 Å². The third-order valence-corrected chi connectivity index (χ3v) is 6.22. The van der Waals surface area contributed by atoms with E-state index >= 15 is 0 Å². The number of nitrogens with zero attached hydrogens (tertiary/aromatic N) is 2. The number of carbonyl (C=O) groups excluding carboxylic acids is 1. The van der Waals surface area contributed by atoms with Gasteiger partial charge in [0.2, 0.25) is 15.9 Å². The van der Waals surface area contributed by atoms with E-state index in [0.29, 0.717) is 44.1 Å². The Morgan fingerprint density at radius 3 is 2.28 bits per heavy atom. The van der Waals surface area contributed by atoms with Crippen molar-refractivity contribution in [1.29, 1.82) is 0 Å². The zero-order chi connectivity index (χ0) is 18.4. The van der Waals surface area contributed by atoms with Gasteiger partial charge in [0, 0.05) is 38.7 Å². The van der Waals surface area contributed by atoms with Crippen LogP contribution in [0.1, 0.15) is 26.2 Å². The Kier molecular flexibility index (Phi) is 6.66. The summed E-state index contributed by atoms with van der Waals surface area (Å²) in [5.41, 5.74) is 0. The number of sulfonamides is 1. The van der Waals surface area contributed by atoms with Crippen molar-refractivity contribution in [1.82, 2.24) is 9.21 Å². The fraction of sp³-hybridized carbons (Fsp3) is 0.588. The molecule has 0 unspecified atom stereocenters. The molecule has 1 aromatic rings. The van der Waals surface area contributed by atoms with E-state index in [9.17, 15) is 13.2 Å². The molecule has 0 spiro atoms. The zero-order valence-electron chi connectivity index (χ0n) is 15.0. The molecule has 2 rings (SSSR count). The Labute approximate surface area is 149 Å². The first-order valence-electron chi connectivity index (χ1n) is 8.44. The van der Waals surface area contributed by atoms with E-state index in [-0.39, 0.29) is 10.8 Å². The second-order valence-electron chi connectivity index (χ2n) is 5.91. The smallest absolute Gasteiger partial charge is 0.243 e. The predicted octanol–water partition coefficient (Wildman–Crippen LogP) is 1.73. The van der Waals surface area contributed by atoms with Crippen LogP contribution < -0.4 is 9.47 Å². The van der Waals surface area contributed by atoms with Crippen molar-refractivity contribution in [2.45, 2.75) is 31.1 Å². The molecule has 140 valence electrons. The number of unbranched alkanes of at least 4 members (excludes halogenated alkanes) is 1. The van der Waals surface area contributed by atoms with Gasteiger partial charge in [-0.25, -0.2) is 8.42 Å². The number of rotatable bonds is 7. The van der Waals surface area contributed by atoms with Gasteiger partial charge in [0.15, 0.2) is 11.5 Å². The summed E-state index contributed by atoms with van der Waals surface area (Å²) in [7, 11) is -0.658. The van der Waals surface area contributed by atoms with Crippen molar-refractivity contribution in [2.24, 2.45) is 0 Å². The first kappa shape index (κ1) is 19.5. The lowest BCUT2D eigenvalue weighted by Gasteiger charge is -2.34. The number of hydrogen-bond donors (Lipinski definition) is 0. The maximum Gasteiger partial charge on any atom is 0.243 e. The molecule has 0 bridgehead atoms. The summed E-state index contributed by atoms with van der Waals surface area (Å²) in [6.45, 7) is 3.49. The van der Waals surface area contributed by atoms with Gasteiger partial charge in [-0.2, -0.15) is 4.31 Å². The molecular weight excluding hydrogens is 344 g/mol. The second-order valence-corrected chi connectivity index (χ2v) is 7.84. The molecule has 1 fully saturated rings. The highest BCUT2D eigenvalue weighted by atomic mass is 32.2. The summed E-state index contributed by atoms with van der Waals surface area (Å²) in [4.78, 5) is 14.0. The normalized spacial score (nSPS) is 15.9. The van der Waals surface area contributed by atoms with Crippen LogP contribution in [0.5, 0.6) is 11.5 Å². The summed E-state index contributed by atoms with van der Waals surface area (Å²) in [6, 6.07) is 4.55. The van der Waals surface area contributed by atoms with E-state index in [4.69, 9.17) is 9.47 Å². The van der Waals surface area contributed by atoms with Gasteiger partial charge in [-0.15, -0.1) is 0 Å². The predicted molar refractivity (Wildman–Crippen MR) is 94.4 cm³/mol. The van der Waals surface area contributed by atoms with Gasteiger partial charge in [0.25, 0.3) is 0 Å². The Hall–Kier alpha value is -1.80. The monoisotopic (exact) mass is 370 g/mol. The van der Waals surface area contributed by atoms with Crippen LogP contribution in [0.3, 0.4) is 0 Å². The van der Waals surface area contributed by atoms with Gasteiger partial charge in [0.1, 0.15) is 0 Å². The Morgan fingerprint density at radius 1 is 1.08 bits per heavy atom. The number of piperazine rings is 1. The molecule has 0 aliphatic carbocycles. The summed E-state index contributed by atoms with van der Waals surface area (Å²) < 4.78 is 37.4. The lowest BCUT2D eigenvalue weighted by molar-refractivity contribution is -0.132. The molecule has 1 heterocycles. The maximum absolute atomic E-state index is 12.8. The van der Waals surface area contributed by atoms with E-state index in [1.807, 2.05) is 6.92 Å². The first-order chi connectivity index (χ1) is 11.9. The first-order valence-corrected chi connectivity index (χ1v) is 9.88. The molecule has 7 nitrogen and oxygen atoms in total. The van der Waals surface area contributed by atoms with E-state index in [1.165, 1.54) is 30.7 Å². The van der Waals surface area contributed by atoms with Gasteiger partial charge < -0.3 is 14.4 Å². The minimum Gasteiger partial charge on any atom is -0.493 e. The Bertz CT molecular complexity index is 697.